The van der Waals surface area contributed by atoms with Crippen molar-refractivity contribution in [1.82, 2.24) is 5.48 Å². The van der Waals surface area contributed by atoms with E-state index in [0.29, 0.717) is 5.92 Å². The van der Waals surface area contributed by atoms with E-state index in [-0.39, 0.29) is 6.04 Å². The summed E-state index contributed by atoms with van der Waals surface area (Å²) >= 11 is 0. The molecule has 0 aromatic heterocycles. The lowest BCUT2D eigenvalue weighted by molar-refractivity contribution is 0.101. The normalized spacial score (nSPS) is 26.6. The Bertz CT molecular complexity index is 165. The third-order valence-corrected chi connectivity index (χ3v) is 2.86. The summed E-state index contributed by atoms with van der Waals surface area (Å²) in [5.41, 5.74) is 3.90. The molecule has 12 heavy (non-hydrogen) atoms. The van der Waals surface area contributed by atoms with Crippen LogP contribution >= 0.6 is 0 Å². The fourth-order valence-corrected chi connectivity index (χ4v) is 1.84. The van der Waals surface area contributed by atoms with Crippen molar-refractivity contribution in [3.05, 3.63) is 11.6 Å². The van der Waals surface area contributed by atoms with E-state index in [1.807, 2.05) is 6.92 Å². The third kappa shape index (κ3) is 2.32. The molecule has 0 fully saturated rings. The molecule has 0 spiro atoms. The van der Waals surface area contributed by atoms with Gasteiger partial charge in [0.15, 0.2) is 0 Å². The van der Waals surface area contributed by atoms with E-state index in [1.54, 1.807) is 5.57 Å². The summed E-state index contributed by atoms with van der Waals surface area (Å²) in [6, 6.07) is 0.236. The van der Waals surface area contributed by atoms with Crippen LogP contribution in [0.5, 0.6) is 0 Å². The van der Waals surface area contributed by atoms with E-state index >= 15 is 0 Å². The predicted molar refractivity (Wildman–Crippen MR) is 50.1 cm³/mol. The Labute approximate surface area is 74.6 Å². The largest absolute Gasteiger partial charge is 0.317 e. The summed E-state index contributed by atoms with van der Waals surface area (Å²) in [6.07, 6.45) is 7.05. The average molecular weight is 169 g/mol. The predicted octanol–water partition coefficient (Wildman–Crippen LogP) is 2.49. The van der Waals surface area contributed by atoms with E-state index in [1.165, 1.54) is 12.8 Å². The minimum atomic E-state index is 0.236. The van der Waals surface area contributed by atoms with Gasteiger partial charge in [-0.1, -0.05) is 18.6 Å². The number of nitrogens with one attached hydrogen (secondary N) is 1. The smallest absolute Gasteiger partial charge is 0.0322 e. The Morgan fingerprint density at radius 2 is 2.50 bits per heavy atom. The zero-order valence-corrected chi connectivity index (χ0v) is 8.01. The second-order valence-electron chi connectivity index (χ2n) is 3.68. The minimum absolute atomic E-state index is 0.236. The van der Waals surface area contributed by atoms with Gasteiger partial charge in [0.2, 0.25) is 0 Å². The SMILES string of the molecule is CCC1=CCCC(C(C)NO)C1. The molecule has 2 unspecified atom stereocenters. The van der Waals surface area contributed by atoms with Crippen LogP contribution in [0.15, 0.2) is 11.6 Å². The van der Waals surface area contributed by atoms with Gasteiger partial charge in [-0.3, -0.25) is 0 Å². The molecular weight excluding hydrogens is 150 g/mol. The van der Waals surface area contributed by atoms with Gasteiger partial charge in [0.25, 0.3) is 0 Å². The molecule has 0 aromatic rings. The van der Waals surface area contributed by atoms with Crippen LogP contribution in [0.3, 0.4) is 0 Å². The van der Waals surface area contributed by atoms with E-state index in [0.717, 1.165) is 12.8 Å². The summed E-state index contributed by atoms with van der Waals surface area (Å²) in [5, 5.41) is 8.78. The van der Waals surface area contributed by atoms with Crippen LogP contribution in [0.1, 0.15) is 39.5 Å². The van der Waals surface area contributed by atoms with Gasteiger partial charge in [-0.2, -0.15) is 0 Å². The average Bonchev–Trinajstić information content (AvgIpc) is 2.17. The quantitative estimate of drug-likeness (QED) is 0.502. The van der Waals surface area contributed by atoms with Crippen molar-refractivity contribution in [3.63, 3.8) is 0 Å². The molecule has 0 amide bonds. The first kappa shape index (κ1) is 9.75. The third-order valence-electron chi connectivity index (χ3n) is 2.86. The maximum atomic E-state index is 8.78. The van der Waals surface area contributed by atoms with Crippen molar-refractivity contribution in [3.8, 4) is 0 Å². The zero-order valence-electron chi connectivity index (χ0n) is 8.01. The molecule has 0 aromatic carbocycles. The van der Waals surface area contributed by atoms with Crippen molar-refractivity contribution in [1.29, 1.82) is 0 Å². The van der Waals surface area contributed by atoms with E-state index in [9.17, 15) is 0 Å². The van der Waals surface area contributed by atoms with Crippen molar-refractivity contribution < 1.29 is 5.21 Å². The van der Waals surface area contributed by atoms with E-state index in [4.69, 9.17) is 5.21 Å². The number of hydroxylamine groups is 1. The topological polar surface area (TPSA) is 32.3 Å². The van der Waals surface area contributed by atoms with Crippen LogP contribution in [0, 0.1) is 5.92 Å². The highest BCUT2D eigenvalue weighted by Crippen LogP contribution is 2.27. The molecule has 2 nitrogen and oxygen atoms in total. The van der Waals surface area contributed by atoms with Crippen LogP contribution < -0.4 is 5.48 Å². The first-order chi connectivity index (χ1) is 5.77. The molecule has 0 bridgehead atoms. The van der Waals surface area contributed by atoms with Crippen molar-refractivity contribution in [2.45, 2.75) is 45.6 Å². The van der Waals surface area contributed by atoms with Crippen LogP contribution in [0.2, 0.25) is 0 Å². The summed E-state index contributed by atoms with van der Waals surface area (Å²) in [6.45, 7) is 4.24. The number of hydrogen-bond acceptors (Lipinski definition) is 2. The van der Waals surface area contributed by atoms with Gasteiger partial charge < -0.3 is 5.21 Å². The Balaban J connectivity index is 2.45. The minimum Gasteiger partial charge on any atom is -0.317 e. The highest BCUT2D eigenvalue weighted by molar-refractivity contribution is 5.07. The summed E-state index contributed by atoms with van der Waals surface area (Å²) < 4.78 is 0. The monoisotopic (exact) mass is 169 g/mol. The lowest BCUT2D eigenvalue weighted by Gasteiger charge is -2.26. The molecule has 1 aliphatic rings. The molecule has 0 saturated heterocycles. The van der Waals surface area contributed by atoms with Gasteiger partial charge in [-0.25, -0.2) is 5.48 Å². The van der Waals surface area contributed by atoms with Crippen LogP contribution in [-0.2, 0) is 0 Å². The molecule has 2 N–H and O–H groups in total. The van der Waals surface area contributed by atoms with Crippen LogP contribution in [-0.4, -0.2) is 11.2 Å². The van der Waals surface area contributed by atoms with Gasteiger partial charge in [0, 0.05) is 6.04 Å². The maximum Gasteiger partial charge on any atom is 0.0322 e. The fourth-order valence-electron chi connectivity index (χ4n) is 1.84. The Morgan fingerprint density at radius 1 is 1.75 bits per heavy atom. The highest BCUT2D eigenvalue weighted by Gasteiger charge is 2.19. The van der Waals surface area contributed by atoms with Gasteiger partial charge in [0.05, 0.1) is 0 Å². The van der Waals surface area contributed by atoms with Crippen molar-refractivity contribution in [2.75, 3.05) is 0 Å². The maximum absolute atomic E-state index is 8.78. The van der Waals surface area contributed by atoms with E-state index in [2.05, 4.69) is 18.5 Å². The van der Waals surface area contributed by atoms with Gasteiger partial charge >= 0.3 is 0 Å². The highest BCUT2D eigenvalue weighted by atomic mass is 16.5. The first-order valence-electron chi connectivity index (χ1n) is 4.85. The molecule has 1 aliphatic carbocycles. The standard InChI is InChI=1S/C10H19NO/c1-3-9-5-4-6-10(7-9)8(2)11-12/h5,8,10-12H,3-4,6-7H2,1-2H3. The lowest BCUT2D eigenvalue weighted by atomic mass is 9.84. The van der Waals surface area contributed by atoms with Crippen molar-refractivity contribution >= 4 is 0 Å². The zero-order chi connectivity index (χ0) is 8.97. The number of rotatable bonds is 3. The van der Waals surface area contributed by atoms with Gasteiger partial charge in [-0.05, 0) is 38.5 Å². The van der Waals surface area contributed by atoms with Crippen LogP contribution in [0.4, 0.5) is 0 Å². The second-order valence-corrected chi connectivity index (χ2v) is 3.68. The van der Waals surface area contributed by atoms with Gasteiger partial charge in [0.1, 0.15) is 0 Å². The molecule has 0 saturated carbocycles. The molecule has 1 rings (SSSR count). The van der Waals surface area contributed by atoms with Crippen LogP contribution in [0.25, 0.3) is 0 Å². The number of allylic oxidation sites excluding steroid dienone is 2. The summed E-state index contributed by atoms with van der Waals surface area (Å²) in [7, 11) is 0. The molecule has 0 radical (unpaired) electrons. The molecule has 0 aliphatic heterocycles. The fraction of sp³-hybridized carbons (Fsp3) is 0.800. The summed E-state index contributed by atoms with van der Waals surface area (Å²) in [4.78, 5) is 0. The molecular formula is C10H19NO. The molecule has 70 valence electrons. The number of hydrogen-bond donors (Lipinski definition) is 2. The molecule has 2 heteroatoms. The molecule has 0 heterocycles. The first-order valence-corrected chi connectivity index (χ1v) is 4.85. The molecule has 2 atom stereocenters. The summed E-state index contributed by atoms with van der Waals surface area (Å²) in [5.74, 6) is 0.620. The van der Waals surface area contributed by atoms with Gasteiger partial charge in [-0.15, -0.1) is 0 Å². The Hall–Kier alpha value is -0.340. The second kappa shape index (κ2) is 4.63. The van der Waals surface area contributed by atoms with E-state index < -0.39 is 0 Å². The Morgan fingerprint density at radius 3 is 3.08 bits per heavy atom. The Kier molecular flexibility index (Phi) is 3.76. The van der Waals surface area contributed by atoms with Crippen molar-refractivity contribution in [2.24, 2.45) is 5.92 Å². The lowest BCUT2D eigenvalue weighted by Crippen LogP contribution is -2.32.